The molecule has 0 bridgehead atoms. The molecule has 0 unspecified atom stereocenters. The Labute approximate surface area is 179 Å². The van der Waals surface area contributed by atoms with Gasteiger partial charge in [-0.3, -0.25) is 4.79 Å². The van der Waals surface area contributed by atoms with Crippen LogP contribution >= 0.6 is 0 Å². The Morgan fingerprint density at radius 1 is 1.16 bits per heavy atom. The molecular weight excluding hydrogens is 398 g/mol. The van der Waals surface area contributed by atoms with Crippen molar-refractivity contribution in [2.75, 3.05) is 5.32 Å². The van der Waals surface area contributed by atoms with Gasteiger partial charge in [-0.05, 0) is 57.2 Å². The first kappa shape index (κ1) is 21.6. The number of nitrogens with one attached hydrogen (secondary N) is 1. The van der Waals surface area contributed by atoms with E-state index in [0.29, 0.717) is 28.5 Å². The molecule has 0 aliphatic carbocycles. The summed E-state index contributed by atoms with van der Waals surface area (Å²) in [5.41, 5.74) is 2.69. The third kappa shape index (κ3) is 5.28. The van der Waals surface area contributed by atoms with E-state index in [9.17, 15) is 9.59 Å². The molecule has 0 fully saturated rings. The standard InChI is InChI=1S/C23H21N3O5/c1-14-20(15(2)31-26-14)13-29-21-7-5-4-6-19(21)23(28)30-16(3)22(27)25-18-10-8-17(12-24)9-11-18/h4-11,16H,13H2,1-3H3,(H,25,27)/t16-/m0/s1. The number of ether oxygens (including phenoxy) is 2. The molecule has 31 heavy (non-hydrogen) atoms. The third-order valence-corrected chi connectivity index (χ3v) is 4.59. The van der Waals surface area contributed by atoms with Gasteiger partial charge in [0.1, 0.15) is 23.7 Å². The van der Waals surface area contributed by atoms with Gasteiger partial charge in [-0.1, -0.05) is 17.3 Å². The zero-order chi connectivity index (χ0) is 22.4. The second-order valence-electron chi connectivity index (χ2n) is 6.81. The predicted octanol–water partition coefficient (Wildman–Crippen LogP) is 3.93. The van der Waals surface area contributed by atoms with Gasteiger partial charge in [-0.2, -0.15) is 5.26 Å². The van der Waals surface area contributed by atoms with Crippen molar-refractivity contribution in [1.82, 2.24) is 5.16 Å². The Kier molecular flexibility index (Phi) is 6.67. The average molecular weight is 419 g/mol. The van der Waals surface area contributed by atoms with Crippen molar-refractivity contribution in [3.8, 4) is 11.8 Å². The number of hydrogen-bond acceptors (Lipinski definition) is 7. The van der Waals surface area contributed by atoms with Crippen molar-refractivity contribution in [3.63, 3.8) is 0 Å². The maximum Gasteiger partial charge on any atom is 0.342 e. The molecule has 8 heteroatoms. The monoisotopic (exact) mass is 419 g/mol. The molecule has 0 aliphatic heterocycles. The lowest BCUT2D eigenvalue weighted by Gasteiger charge is -2.15. The van der Waals surface area contributed by atoms with Gasteiger partial charge in [0.25, 0.3) is 5.91 Å². The minimum Gasteiger partial charge on any atom is -0.488 e. The summed E-state index contributed by atoms with van der Waals surface area (Å²) >= 11 is 0. The molecule has 2 aromatic carbocycles. The van der Waals surface area contributed by atoms with E-state index in [-0.39, 0.29) is 12.2 Å². The number of aromatic nitrogens is 1. The molecule has 158 valence electrons. The lowest BCUT2D eigenvalue weighted by molar-refractivity contribution is -0.123. The molecule has 0 radical (unpaired) electrons. The highest BCUT2D eigenvalue weighted by Gasteiger charge is 2.22. The number of carbonyl (C=O) groups excluding carboxylic acids is 2. The van der Waals surface area contributed by atoms with E-state index in [1.54, 1.807) is 55.5 Å². The summed E-state index contributed by atoms with van der Waals surface area (Å²) in [6.07, 6.45) is -1.04. The molecule has 1 atom stereocenters. The Morgan fingerprint density at radius 3 is 2.52 bits per heavy atom. The van der Waals surface area contributed by atoms with Gasteiger partial charge in [0.2, 0.25) is 0 Å². The van der Waals surface area contributed by atoms with E-state index in [1.807, 2.05) is 13.0 Å². The lowest BCUT2D eigenvalue weighted by atomic mass is 10.2. The predicted molar refractivity (Wildman–Crippen MR) is 111 cm³/mol. The largest absolute Gasteiger partial charge is 0.488 e. The number of nitriles is 1. The van der Waals surface area contributed by atoms with Crippen molar-refractivity contribution >= 4 is 17.6 Å². The highest BCUT2D eigenvalue weighted by atomic mass is 16.5. The first-order valence-corrected chi connectivity index (χ1v) is 9.54. The van der Waals surface area contributed by atoms with Gasteiger partial charge in [-0.15, -0.1) is 0 Å². The fraction of sp³-hybridized carbons (Fsp3) is 0.217. The minimum atomic E-state index is -1.04. The Bertz CT molecular complexity index is 1110. The summed E-state index contributed by atoms with van der Waals surface area (Å²) in [4.78, 5) is 25.0. The van der Waals surface area contributed by atoms with Crippen LogP contribution in [0.4, 0.5) is 5.69 Å². The summed E-state index contributed by atoms with van der Waals surface area (Å²) in [6, 6.07) is 15.0. The van der Waals surface area contributed by atoms with Crippen molar-refractivity contribution in [1.29, 1.82) is 5.26 Å². The van der Waals surface area contributed by atoms with Crippen LogP contribution < -0.4 is 10.1 Å². The molecule has 1 N–H and O–H groups in total. The average Bonchev–Trinajstić information content (AvgIpc) is 3.10. The number of nitrogens with zero attached hydrogens (tertiary/aromatic N) is 2. The van der Waals surface area contributed by atoms with Crippen LogP contribution in [0.2, 0.25) is 0 Å². The highest BCUT2D eigenvalue weighted by molar-refractivity contribution is 5.98. The topological polar surface area (TPSA) is 114 Å². The second kappa shape index (κ2) is 9.59. The fourth-order valence-corrected chi connectivity index (χ4v) is 2.77. The molecule has 3 rings (SSSR count). The Morgan fingerprint density at radius 2 is 1.87 bits per heavy atom. The van der Waals surface area contributed by atoms with Crippen LogP contribution in [0.3, 0.4) is 0 Å². The number of carbonyl (C=O) groups is 2. The van der Waals surface area contributed by atoms with Crippen LogP contribution in [0.15, 0.2) is 53.1 Å². The van der Waals surface area contributed by atoms with Crippen LogP contribution in [0.5, 0.6) is 5.75 Å². The molecule has 0 saturated carbocycles. The van der Waals surface area contributed by atoms with E-state index in [0.717, 1.165) is 5.56 Å². The number of hydrogen-bond donors (Lipinski definition) is 1. The number of benzene rings is 2. The summed E-state index contributed by atoms with van der Waals surface area (Å²) < 4.78 is 16.2. The minimum absolute atomic E-state index is 0.181. The molecular formula is C23H21N3O5. The van der Waals surface area contributed by atoms with Crippen LogP contribution in [0.1, 0.15) is 39.9 Å². The fourth-order valence-electron chi connectivity index (χ4n) is 2.77. The van der Waals surface area contributed by atoms with Crippen LogP contribution in [0, 0.1) is 25.2 Å². The van der Waals surface area contributed by atoms with E-state index < -0.39 is 18.0 Å². The third-order valence-electron chi connectivity index (χ3n) is 4.59. The normalized spacial score (nSPS) is 11.3. The SMILES string of the molecule is Cc1noc(C)c1COc1ccccc1C(=O)O[C@@H](C)C(=O)Nc1ccc(C#N)cc1. The van der Waals surface area contributed by atoms with Gasteiger partial charge < -0.3 is 19.3 Å². The van der Waals surface area contributed by atoms with E-state index >= 15 is 0 Å². The van der Waals surface area contributed by atoms with Gasteiger partial charge >= 0.3 is 5.97 Å². The maximum atomic E-state index is 12.7. The van der Waals surface area contributed by atoms with Gasteiger partial charge in [0.15, 0.2) is 6.10 Å². The summed E-state index contributed by atoms with van der Waals surface area (Å²) in [6.45, 7) is 5.25. The van der Waals surface area contributed by atoms with E-state index in [4.69, 9.17) is 19.3 Å². The van der Waals surface area contributed by atoms with Crippen LogP contribution in [-0.2, 0) is 16.1 Å². The molecule has 0 spiro atoms. The van der Waals surface area contributed by atoms with Crippen molar-refractivity contribution in [2.45, 2.75) is 33.5 Å². The molecule has 1 heterocycles. The highest BCUT2D eigenvalue weighted by Crippen LogP contribution is 2.23. The molecule has 1 aromatic heterocycles. The molecule has 0 aliphatic rings. The number of aryl methyl sites for hydroxylation is 2. The zero-order valence-electron chi connectivity index (χ0n) is 17.3. The molecule has 3 aromatic rings. The van der Waals surface area contributed by atoms with E-state index in [2.05, 4.69) is 10.5 Å². The first-order chi connectivity index (χ1) is 14.9. The van der Waals surface area contributed by atoms with Gasteiger partial charge in [0.05, 0.1) is 22.9 Å². The quantitative estimate of drug-likeness (QED) is 0.577. The van der Waals surface area contributed by atoms with Crippen molar-refractivity contribution in [2.24, 2.45) is 0 Å². The smallest absolute Gasteiger partial charge is 0.342 e. The maximum absolute atomic E-state index is 12.7. The zero-order valence-corrected chi connectivity index (χ0v) is 17.3. The number of rotatable bonds is 7. The summed E-state index contributed by atoms with van der Waals surface area (Å²) in [7, 11) is 0. The second-order valence-corrected chi connectivity index (χ2v) is 6.81. The number of para-hydroxylation sites is 1. The first-order valence-electron chi connectivity index (χ1n) is 9.54. The van der Waals surface area contributed by atoms with Crippen LogP contribution in [0.25, 0.3) is 0 Å². The number of esters is 1. The summed E-state index contributed by atoms with van der Waals surface area (Å²) in [5, 5.41) is 15.4. The number of amides is 1. The molecule has 0 saturated heterocycles. The van der Waals surface area contributed by atoms with Crippen molar-refractivity contribution < 1.29 is 23.6 Å². The van der Waals surface area contributed by atoms with Crippen LogP contribution in [-0.4, -0.2) is 23.1 Å². The van der Waals surface area contributed by atoms with Gasteiger partial charge in [0, 0.05) is 5.69 Å². The Balaban J connectivity index is 1.64. The molecule has 8 nitrogen and oxygen atoms in total. The Hall–Kier alpha value is -4.12. The molecule has 1 amide bonds. The summed E-state index contributed by atoms with van der Waals surface area (Å²) in [5.74, 6) is -0.207. The van der Waals surface area contributed by atoms with E-state index in [1.165, 1.54) is 6.92 Å². The van der Waals surface area contributed by atoms with Crippen molar-refractivity contribution in [3.05, 3.63) is 76.7 Å². The van der Waals surface area contributed by atoms with Gasteiger partial charge in [-0.25, -0.2) is 4.79 Å². The lowest BCUT2D eigenvalue weighted by Crippen LogP contribution is -2.30. The number of anilines is 1.